The van der Waals surface area contributed by atoms with Crippen molar-refractivity contribution < 1.29 is 9.18 Å². The molecule has 1 fully saturated rings. The molecule has 0 radical (unpaired) electrons. The number of fused-ring (bicyclic) bond motifs is 1. The topological polar surface area (TPSA) is 45.2 Å². The van der Waals surface area contributed by atoms with Crippen LogP contribution in [0.4, 0.5) is 15.8 Å². The molecule has 0 saturated heterocycles. The molecule has 0 bridgehead atoms. The van der Waals surface area contributed by atoms with Crippen LogP contribution in [0, 0.1) is 5.82 Å². The maximum absolute atomic E-state index is 13.4. The van der Waals surface area contributed by atoms with Crippen LogP contribution in [0.15, 0.2) is 54.7 Å². The van der Waals surface area contributed by atoms with E-state index in [-0.39, 0.29) is 11.7 Å². The van der Waals surface area contributed by atoms with E-state index in [2.05, 4.69) is 22.2 Å². The summed E-state index contributed by atoms with van der Waals surface area (Å²) in [5.74, 6) is -0.528. The largest absolute Gasteiger partial charge is 0.372 e. The molecule has 0 atom stereocenters. The smallest absolute Gasteiger partial charge is 0.255 e. The van der Waals surface area contributed by atoms with Gasteiger partial charge in [0.15, 0.2) is 0 Å². The summed E-state index contributed by atoms with van der Waals surface area (Å²) in [6.45, 7) is 0. The fourth-order valence-electron chi connectivity index (χ4n) is 3.90. The monoisotopic (exact) mass is 377 g/mol. The summed E-state index contributed by atoms with van der Waals surface area (Å²) in [6.07, 6.45) is 7.96. The number of carbonyl (C=O) groups excluding carboxylic acids is 1. The minimum absolute atomic E-state index is 0.204. The van der Waals surface area contributed by atoms with Gasteiger partial charge in [-0.1, -0.05) is 19.3 Å². The van der Waals surface area contributed by atoms with Crippen molar-refractivity contribution in [1.82, 2.24) is 4.98 Å². The molecule has 0 spiro atoms. The lowest BCUT2D eigenvalue weighted by Gasteiger charge is -2.33. The van der Waals surface area contributed by atoms with Gasteiger partial charge >= 0.3 is 0 Å². The van der Waals surface area contributed by atoms with Crippen molar-refractivity contribution in [3.8, 4) is 0 Å². The number of aromatic nitrogens is 1. The Balaban J connectivity index is 1.46. The summed E-state index contributed by atoms with van der Waals surface area (Å²) in [7, 11) is 2.13. The third-order valence-electron chi connectivity index (χ3n) is 5.56. The number of benzene rings is 2. The molecule has 1 aromatic heterocycles. The van der Waals surface area contributed by atoms with Crippen LogP contribution in [-0.2, 0) is 0 Å². The molecule has 3 aromatic rings. The van der Waals surface area contributed by atoms with Gasteiger partial charge in [-0.3, -0.25) is 9.78 Å². The Labute approximate surface area is 164 Å². The molecule has 1 N–H and O–H groups in total. The lowest BCUT2D eigenvalue weighted by molar-refractivity contribution is 0.102. The zero-order valence-corrected chi connectivity index (χ0v) is 16.0. The Morgan fingerprint density at radius 3 is 2.57 bits per heavy atom. The number of carbonyl (C=O) groups is 1. The maximum Gasteiger partial charge on any atom is 0.255 e. The molecule has 1 aliphatic carbocycles. The molecule has 1 saturated carbocycles. The average molecular weight is 377 g/mol. The van der Waals surface area contributed by atoms with Gasteiger partial charge in [0.1, 0.15) is 5.82 Å². The average Bonchev–Trinajstić information content (AvgIpc) is 2.73. The van der Waals surface area contributed by atoms with Crippen molar-refractivity contribution in [3.05, 3.63) is 66.1 Å². The number of pyridine rings is 1. The van der Waals surface area contributed by atoms with E-state index in [0.29, 0.717) is 28.2 Å². The van der Waals surface area contributed by atoms with E-state index < -0.39 is 0 Å². The number of anilines is 2. The molecule has 5 heteroatoms. The Morgan fingerprint density at radius 2 is 1.82 bits per heavy atom. The van der Waals surface area contributed by atoms with Gasteiger partial charge in [-0.05, 0) is 61.4 Å². The van der Waals surface area contributed by atoms with Crippen molar-refractivity contribution in [1.29, 1.82) is 0 Å². The Bertz CT molecular complexity index is 981. The number of halogens is 1. The number of nitrogens with zero attached hydrogens (tertiary/aromatic N) is 2. The van der Waals surface area contributed by atoms with Gasteiger partial charge in [-0.2, -0.15) is 0 Å². The van der Waals surface area contributed by atoms with Gasteiger partial charge in [0.05, 0.1) is 17.4 Å². The van der Waals surface area contributed by atoms with Crippen LogP contribution in [0.2, 0.25) is 0 Å². The number of rotatable bonds is 4. The van der Waals surface area contributed by atoms with E-state index in [9.17, 15) is 9.18 Å². The number of hydrogen-bond donors (Lipinski definition) is 1. The molecular weight excluding hydrogens is 353 g/mol. The number of amides is 1. The molecule has 144 valence electrons. The second kappa shape index (κ2) is 7.97. The highest BCUT2D eigenvalue weighted by Gasteiger charge is 2.18. The van der Waals surface area contributed by atoms with Crippen molar-refractivity contribution in [2.45, 2.75) is 38.1 Å². The van der Waals surface area contributed by atoms with Crippen molar-refractivity contribution in [3.63, 3.8) is 0 Å². The highest BCUT2D eigenvalue weighted by atomic mass is 19.1. The summed E-state index contributed by atoms with van der Waals surface area (Å²) in [4.78, 5) is 19.2. The molecule has 0 aliphatic heterocycles. The van der Waals surface area contributed by atoms with E-state index in [0.717, 1.165) is 5.69 Å². The lowest BCUT2D eigenvalue weighted by atomic mass is 9.94. The highest BCUT2D eigenvalue weighted by molar-refractivity contribution is 6.05. The highest BCUT2D eigenvalue weighted by Crippen LogP contribution is 2.26. The Kier molecular flexibility index (Phi) is 5.24. The van der Waals surface area contributed by atoms with Crippen molar-refractivity contribution >= 4 is 28.2 Å². The first-order valence-corrected chi connectivity index (χ1v) is 9.80. The minimum Gasteiger partial charge on any atom is -0.372 e. The summed E-state index contributed by atoms with van der Waals surface area (Å²) >= 11 is 0. The van der Waals surface area contributed by atoms with Crippen LogP contribution < -0.4 is 10.2 Å². The quantitative estimate of drug-likeness (QED) is 0.662. The molecule has 0 unspecified atom stereocenters. The van der Waals surface area contributed by atoms with Gasteiger partial charge < -0.3 is 10.2 Å². The van der Waals surface area contributed by atoms with Crippen LogP contribution in [0.25, 0.3) is 10.9 Å². The normalized spacial score (nSPS) is 14.8. The van der Waals surface area contributed by atoms with E-state index >= 15 is 0 Å². The summed E-state index contributed by atoms with van der Waals surface area (Å²) in [6, 6.07) is 14.4. The second-order valence-electron chi connectivity index (χ2n) is 7.46. The third-order valence-corrected chi connectivity index (χ3v) is 5.56. The SMILES string of the molecule is CN(c1ccc(C(=O)Nc2cnc3ccc(F)cc3c2)cc1)C1CCCCC1. The Morgan fingerprint density at radius 1 is 1.07 bits per heavy atom. The van der Waals surface area contributed by atoms with Crippen LogP contribution in [0.1, 0.15) is 42.5 Å². The molecule has 2 aromatic carbocycles. The van der Waals surface area contributed by atoms with Gasteiger partial charge in [0.25, 0.3) is 5.91 Å². The lowest BCUT2D eigenvalue weighted by Crippen LogP contribution is -2.33. The van der Waals surface area contributed by atoms with Gasteiger partial charge in [-0.25, -0.2) is 4.39 Å². The fourth-order valence-corrected chi connectivity index (χ4v) is 3.90. The third kappa shape index (κ3) is 3.98. The van der Waals surface area contributed by atoms with Crippen LogP contribution in [-0.4, -0.2) is 24.0 Å². The first-order chi connectivity index (χ1) is 13.6. The second-order valence-corrected chi connectivity index (χ2v) is 7.46. The van der Waals surface area contributed by atoms with E-state index in [4.69, 9.17) is 0 Å². The molecular formula is C23H24FN3O. The number of hydrogen-bond acceptors (Lipinski definition) is 3. The minimum atomic E-state index is -0.324. The summed E-state index contributed by atoms with van der Waals surface area (Å²) in [5.41, 5.74) is 2.95. The van der Waals surface area contributed by atoms with Gasteiger partial charge in [0, 0.05) is 29.7 Å². The van der Waals surface area contributed by atoms with Gasteiger partial charge in [0.2, 0.25) is 0 Å². The first-order valence-electron chi connectivity index (χ1n) is 9.80. The molecule has 4 rings (SSSR count). The van der Waals surface area contributed by atoms with E-state index in [1.54, 1.807) is 18.3 Å². The van der Waals surface area contributed by atoms with Crippen LogP contribution in [0.3, 0.4) is 0 Å². The Hall–Kier alpha value is -2.95. The zero-order valence-electron chi connectivity index (χ0n) is 16.0. The molecule has 4 nitrogen and oxygen atoms in total. The number of nitrogens with one attached hydrogen (secondary N) is 1. The van der Waals surface area contributed by atoms with Crippen LogP contribution >= 0.6 is 0 Å². The summed E-state index contributed by atoms with van der Waals surface area (Å²) < 4.78 is 13.4. The maximum atomic E-state index is 13.4. The molecule has 1 aliphatic rings. The standard InChI is InChI=1S/C23H24FN3O/c1-27(20-5-3-2-4-6-20)21-10-7-16(8-11-21)23(28)26-19-14-17-13-18(24)9-12-22(17)25-15-19/h7-15,20H,2-6H2,1H3,(H,26,28). The first kappa shape index (κ1) is 18.4. The predicted molar refractivity (Wildman–Crippen MR) is 111 cm³/mol. The zero-order chi connectivity index (χ0) is 19.5. The molecule has 28 heavy (non-hydrogen) atoms. The molecule has 1 heterocycles. The van der Waals surface area contributed by atoms with Crippen molar-refractivity contribution in [2.75, 3.05) is 17.3 Å². The van der Waals surface area contributed by atoms with E-state index in [1.807, 2.05) is 24.3 Å². The fraction of sp³-hybridized carbons (Fsp3) is 0.304. The van der Waals surface area contributed by atoms with Crippen LogP contribution in [0.5, 0.6) is 0 Å². The predicted octanol–water partition coefficient (Wildman–Crippen LogP) is 5.40. The molecule has 1 amide bonds. The summed E-state index contributed by atoms with van der Waals surface area (Å²) in [5, 5.41) is 3.50. The van der Waals surface area contributed by atoms with E-state index in [1.165, 1.54) is 44.2 Å². The van der Waals surface area contributed by atoms with Crippen molar-refractivity contribution in [2.24, 2.45) is 0 Å². The van der Waals surface area contributed by atoms with Gasteiger partial charge in [-0.15, -0.1) is 0 Å².